The summed E-state index contributed by atoms with van der Waals surface area (Å²) in [6.07, 6.45) is 5.89. The first-order chi connectivity index (χ1) is 10.0. The Morgan fingerprint density at radius 3 is 2.62 bits per heavy atom. The van der Waals surface area contributed by atoms with Gasteiger partial charge in [0.15, 0.2) is 0 Å². The highest BCUT2D eigenvalue weighted by Gasteiger charge is 2.31. The van der Waals surface area contributed by atoms with Crippen molar-refractivity contribution in [2.45, 2.75) is 57.5 Å². The second-order valence-corrected chi connectivity index (χ2v) is 6.80. The van der Waals surface area contributed by atoms with Crippen LogP contribution in [0.4, 0.5) is 5.69 Å². The van der Waals surface area contributed by atoms with Crippen molar-refractivity contribution in [1.29, 1.82) is 0 Å². The van der Waals surface area contributed by atoms with E-state index in [-0.39, 0.29) is 12.1 Å². The van der Waals surface area contributed by atoms with E-state index in [1.165, 1.54) is 24.1 Å². The lowest BCUT2D eigenvalue weighted by atomic mass is 9.95. The lowest BCUT2D eigenvalue weighted by molar-refractivity contribution is 0.161. The van der Waals surface area contributed by atoms with Gasteiger partial charge in [0.05, 0.1) is 6.61 Å². The number of anilines is 1. The first-order valence-electron chi connectivity index (χ1n) is 8.19. The van der Waals surface area contributed by atoms with Crippen molar-refractivity contribution in [3.05, 3.63) is 29.8 Å². The normalized spacial score (nSPS) is 17.5. The van der Waals surface area contributed by atoms with Crippen LogP contribution in [0.2, 0.25) is 0 Å². The molecule has 1 aliphatic carbocycles. The van der Waals surface area contributed by atoms with E-state index in [0.29, 0.717) is 6.04 Å². The molecule has 0 heterocycles. The van der Waals surface area contributed by atoms with E-state index in [1.807, 2.05) is 0 Å². The Morgan fingerprint density at radius 1 is 1.29 bits per heavy atom. The Kier molecular flexibility index (Phi) is 5.65. The Bertz CT molecular complexity index is 445. The van der Waals surface area contributed by atoms with Gasteiger partial charge in [0.2, 0.25) is 0 Å². The number of rotatable bonds is 9. The monoisotopic (exact) mass is 290 g/mol. The molecule has 0 radical (unpaired) electrons. The van der Waals surface area contributed by atoms with Gasteiger partial charge in [0.1, 0.15) is 0 Å². The largest absolute Gasteiger partial charge is 0.394 e. The van der Waals surface area contributed by atoms with E-state index < -0.39 is 0 Å². The molecule has 118 valence electrons. The van der Waals surface area contributed by atoms with Crippen molar-refractivity contribution in [2.75, 3.05) is 25.1 Å². The summed E-state index contributed by atoms with van der Waals surface area (Å²) in [7, 11) is 2.16. The van der Waals surface area contributed by atoms with Crippen molar-refractivity contribution < 1.29 is 5.11 Å². The fraction of sp³-hybridized carbons (Fsp3) is 0.667. The van der Waals surface area contributed by atoms with E-state index in [4.69, 9.17) is 0 Å². The Labute approximate surface area is 129 Å². The minimum atomic E-state index is -0.0948. The molecule has 1 aromatic carbocycles. The van der Waals surface area contributed by atoms with Crippen LogP contribution >= 0.6 is 0 Å². The van der Waals surface area contributed by atoms with Gasteiger partial charge in [-0.1, -0.05) is 18.2 Å². The lowest BCUT2D eigenvalue weighted by Gasteiger charge is -2.29. The SMILES string of the molecule is Cc1ccccc1N(C)CCCCC(C)(CO)NC1CC1. The first-order valence-corrected chi connectivity index (χ1v) is 8.19. The average Bonchev–Trinajstić information content (AvgIpc) is 3.27. The topological polar surface area (TPSA) is 35.5 Å². The maximum Gasteiger partial charge on any atom is 0.0610 e. The number of aliphatic hydroxyl groups excluding tert-OH is 1. The third-order valence-corrected chi connectivity index (χ3v) is 4.48. The maximum absolute atomic E-state index is 9.61. The number of hydrogen-bond acceptors (Lipinski definition) is 3. The molecule has 0 bridgehead atoms. The number of hydrogen-bond donors (Lipinski definition) is 2. The number of aliphatic hydroxyl groups is 1. The Balaban J connectivity index is 1.72. The quantitative estimate of drug-likeness (QED) is 0.686. The Hall–Kier alpha value is -1.06. The van der Waals surface area contributed by atoms with E-state index in [2.05, 4.69) is 55.4 Å². The maximum atomic E-state index is 9.61. The van der Waals surface area contributed by atoms with Gasteiger partial charge < -0.3 is 15.3 Å². The van der Waals surface area contributed by atoms with Crippen LogP contribution in [0.5, 0.6) is 0 Å². The fourth-order valence-corrected chi connectivity index (χ4v) is 2.89. The molecule has 1 aromatic rings. The van der Waals surface area contributed by atoms with Crippen LogP contribution in [0.25, 0.3) is 0 Å². The summed E-state index contributed by atoms with van der Waals surface area (Å²) in [6, 6.07) is 9.18. The predicted molar refractivity (Wildman–Crippen MR) is 89.9 cm³/mol. The minimum absolute atomic E-state index is 0.0948. The van der Waals surface area contributed by atoms with E-state index >= 15 is 0 Å². The van der Waals surface area contributed by atoms with Gasteiger partial charge in [0, 0.05) is 30.9 Å². The summed E-state index contributed by atoms with van der Waals surface area (Å²) in [5.74, 6) is 0. The van der Waals surface area contributed by atoms with Gasteiger partial charge in [-0.2, -0.15) is 0 Å². The lowest BCUT2D eigenvalue weighted by Crippen LogP contribution is -2.46. The summed E-state index contributed by atoms with van der Waals surface area (Å²) in [5.41, 5.74) is 2.55. The van der Waals surface area contributed by atoms with Crippen molar-refractivity contribution in [3.8, 4) is 0 Å². The van der Waals surface area contributed by atoms with Crippen LogP contribution in [-0.2, 0) is 0 Å². The third-order valence-electron chi connectivity index (χ3n) is 4.48. The molecule has 0 spiro atoms. The van der Waals surface area contributed by atoms with Crippen molar-refractivity contribution in [2.24, 2.45) is 0 Å². The minimum Gasteiger partial charge on any atom is -0.394 e. The highest BCUT2D eigenvalue weighted by atomic mass is 16.3. The summed E-state index contributed by atoms with van der Waals surface area (Å²) in [5, 5.41) is 13.2. The molecule has 3 heteroatoms. The number of unbranched alkanes of at least 4 members (excludes halogenated alkanes) is 1. The van der Waals surface area contributed by atoms with E-state index in [1.54, 1.807) is 0 Å². The van der Waals surface area contributed by atoms with E-state index in [9.17, 15) is 5.11 Å². The molecule has 1 fully saturated rings. The van der Waals surface area contributed by atoms with Gasteiger partial charge in [-0.05, 0) is 57.6 Å². The summed E-state index contributed by atoms with van der Waals surface area (Å²) >= 11 is 0. The van der Waals surface area contributed by atoms with Crippen LogP contribution in [0, 0.1) is 6.92 Å². The molecular formula is C18H30N2O. The average molecular weight is 290 g/mol. The summed E-state index contributed by atoms with van der Waals surface area (Å²) in [6.45, 7) is 5.61. The molecule has 0 aromatic heterocycles. The molecule has 1 aliphatic rings. The molecule has 2 N–H and O–H groups in total. The number of aryl methyl sites for hydroxylation is 1. The molecule has 2 rings (SSSR count). The molecule has 1 saturated carbocycles. The second kappa shape index (κ2) is 7.28. The standard InChI is InChI=1S/C18H30N2O/c1-15-8-4-5-9-17(15)20(3)13-7-6-12-18(2,14-21)19-16-10-11-16/h4-5,8-9,16,19,21H,6-7,10-14H2,1-3H3. The molecule has 0 saturated heterocycles. The van der Waals surface area contributed by atoms with Crippen molar-refractivity contribution in [3.63, 3.8) is 0 Å². The van der Waals surface area contributed by atoms with Gasteiger partial charge in [-0.25, -0.2) is 0 Å². The van der Waals surface area contributed by atoms with Gasteiger partial charge in [0.25, 0.3) is 0 Å². The number of nitrogens with one attached hydrogen (secondary N) is 1. The van der Waals surface area contributed by atoms with Gasteiger partial charge in [-0.3, -0.25) is 0 Å². The highest BCUT2D eigenvalue weighted by molar-refractivity contribution is 5.52. The summed E-state index contributed by atoms with van der Waals surface area (Å²) in [4.78, 5) is 2.33. The number of benzene rings is 1. The predicted octanol–water partition coefficient (Wildman–Crippen LogP) is 3.10. The van der Waals surface area contributed by atoms with Gasteiger partial charge >= 0.3 is 0 Å². The zero-order chi connectivity index (χ0) is 15.3. The molecule has 21 heavy (non-hydrogen) atoms. The molecule has 1 atom stereocenters. The zero-order valence-corrected chi connectivity index (χ0v) is 13.7. The first kappa shape index (κ1) is 16.3. The van der Waals surface area contributed by atoms with Gasteiger partial charge in [-0.15, -0.1) is 0 Å². The number of para-hydroxylation sites is 1. The zero-order valence-electron chi connectivity index (χ0n) is 13.7. The van der Waals surface area contributed by atoms with Crippen LogP contribution < -0.4 is 10.2 Å². The number of nitrogens with zero attached hydrogens (tertiary/aromatic N) is 1. The van der Waals surface area contributed by atoms with Crippen LogP contribution in [0.1, 0.15) is 44.6 Å². The molecule has 3 nitrogen and oxygen atoms in total. The Morgan fingerprint density at radius 2 is 2.00 bits per heavy atom. The molecule has 0 aliphatic heterocycles. The van der Waals surface area contributed by atoms with Crippen molar-refractivity contribution in [1.82, 2.24) is 5.32 Å². The van der Waals surface area contributed by atoms with Crippen LogP contribution in [0.3, 0.4) is 0 Å². The fourth-order valence-electron chi connectivity index (χ4n) is 2.89. The third kappa shape index (κ3) is 5.01. The summed E-state index contributed by atoms with van der Waals surface area (Å²) < 4.78 is 0. The van der Waals surface area contributed by atoms with Crippen molar-refractivity contribution >= 4 is 5.69 Å². The van der Waals surface area contributed by atoms with Crippen LogP contribution in [0.15, 0.2) is 24.3 Å². The van der Waals surface area contributed by atoms with Crippen LogP contribution in [-0.4, -0.2) is 36.9 Å². The molecular weight excluding hydrogens is 260 g/mol. The highest BCUT2D eigenvalue weighted by Crippen LogP contribution is 2.25. The smallest absolute Gasteiger partial charge is 0.0610 e. The molecule has 1 unspecified atom stereocenters. The van der Waals surface area contributed by atoms with E-state index in [0.717, 1.165) is 25.8 Å². The second-order valence-electron chi connectivity index (χ2n) is 6.80. The molecule has 0 amide bonds.